The molecule has 0 aromatic heterocycles. The number of esters is 1. The molecule has 1 aromatic rings. The molecule has 0 radical (unpaired) electrons. The number of hydrogen-bond acceptors (Lipinski definition) is 3. The minimum Gasteiger partial charge on any atom is -0.439 e. The van der Waals surface area contributed by atoms with E-state index in [1.165, 1.54) is 6.08 Å². The second kappa shape index (κ2) is 7.52. The Morgan fingerprint density at radius 3 is 2.04 bits per heavy atom. The predicted molar refractivity (Wildman–Crippen MR) is 72.6 cm³/mol. The Balaban J connectivity index is 2.79. The molecule has 132 valence electrons. The van der Waals surface area contributed by atoms with Gasteiger partial charge in [-0.1, -0.05) is 49.1 Å². The number of carbonyl (C=O) groups is 1. The Hall–Kier alpha value is -2.29. The zero-order valence-electron chi connectivity index (χ0n) is 11.9. The monoisotopic (exact) mass is 354 g/mol. The van der Waals surface area contributed by atoms with Gasteiger partial charge in [0, 0.05) is 0 Å². The second-order valence-corrected chi connectivity index (χ2v) is 4.61. The summed E-state index contributed by atoms with van der Waals surface area (Å²) in [5.74, 6) is -2.00. The summed E-state index contributed by atoms with van der Waals surface area (Å²) in [4.78, 5) is 11.4. The van der Waals surface area contributed by atoms with E-state index in [1.54, 1.807) is 30.3 Å². The van der Waals surface area contributed by atoms with Gasteiger partial charge in [-0.3, -0.25) is 0 Å². The Kier molecular flexibility index (Phi) is 6.19. The van der Waals surface area contributed by atoms with E-state index in [-0.39, 0.29) is 0 Å². The van der Waals surface area contributed by atoms with E-state index in [0.29, 0.717) is 5.56 Å². The topological polar surface area (TPSA) is 46.5 Å². The van der Waals surface area contributed by atoms with Crippen LogP contribution in [-0.4, -0.2) is 35.6 Å². The van der Waals surface area contributed by atoms with Crippen LogP contribution < -0.4 is 0 Å². The summed E-state index contributed by atoms with van der Waals surface area (Å²) in [5, 5.41) is 9.62. The van der Waals surface area contributed by atoms with Crippen molar-refractivity contribution in [3.63, 3.8) is 0 Å². The highest BCUT2D eigenvalue weighted by Crippen LogP contribution is 2.36. The highest BCUT2D eigenvalue weighted by atomic mass is 19.4. The lowest BCUT2D eigenvalue weighted by atomic mass is 10.1. The zero-order valence-corrected chi connectivity index (χ0v) is 11.9. The van der Waals surface area contributed by atoms with Crippen molar-refractivity contribution in [1.29, 1.82) is 0 Å². The first-order valence-corrected chi connectivity index (χ1v) is 6.37. The molecular formula is C15H12F6O3. The molecule has 0 saturated heterocycles. The molecule has 0 aliphatic heterocycles. The van der Waals surface area contributed by atoms with Crippen molar-refractivity contribution >= 4 is 12.0 Å². The van der Waals surface area contributed by atoms with Crippen LogP contribution in [0.3, 0.4) is 0 Å². The fourth-order valence-electron chi connectivity index (χ4n) is 1.51. The maximum atomic E-state index is 12.3. The first-order valence-electron chi connectivity index (χ1n) is 6.37. The molecule has 1 aromatic carbocycles. The van der Waals surface area contributed by atoms with Crippen molar-refractivity contribution in [3.05, 3.63) is 54.1 Å². The third-order valence-electron chi connectivity index (χ3n) is 2.71. The molecular weight excluding hydrogens is 342 g/mol. The minimum absolute atomic E-state index is 0.584. The third-order valence-corrected chi connectivity index (χ3v) is 2.71. The van der Waals surface area contributed by atoms with E-state index in [4.69, 9.17) is 0 Å². The lowest BCUT2D eigenvalue weighted by Gasteiger charge is -2.23. The van der Waals surface area contributed by atoms with Crippen LogP contribution in [0, 0.1) is 0 Å². The first kappa shape index (κ1) is 19.8. The van der Waals surface area contributed by atoms with Crippen molar-refractivity contribution in [2.45, 2.75) is 24.6 Å². The SMILES string of the molecule is C=C(C(=O)OC(C(F)(F)F)C(F)(F)F)[C@H](O)/C=C/c1ccccc1. The number of alkyl halides is 6. The van der Waals surface area contributed by atoms with Crippen molar-refractivity contribution in [1.82, 2.24) is 0 Å². The maximum absolute atomic E-state index is 12.3. The number of benzene rings is 1. The van der Waals surface area contributed by atoms with Crippen molar-refractivity contribution in [2.24, 2.45) is 0 Å². The van der Waals surface area contributed by atoms with E-state index in [2.05, 4.69) is 11.3 Å². The fourth-order valence-corrected chi connectivity index (χ4v) is 1.51. The minimum atomic E-state index is -5.83. The Morgan fingerprint density at radius 1 is 1.08 bits per heavy atom. The number of ether oxygens (including phenoxy) is 1. The molecule has 0 saturated carbocycles. The zero-order chi connectivity index (χ0) is 18.5. The number of aliphatic hydroxyl groups excluding tert-OH is 1. The first-order chi connectivity index (χ1) is 10.9. The summed E-state index contributed by atoms with van der Waals surface area (Å²) >= 11 is 0. The lowest BCUT2D eigenvalue weighted by molar-refractivity contribution is -0.312. The van der Waals surface area contributed by atoms with Crippen LogP contribution >= 0.6 is 0 Å². The molecule has 1 N–H and O–H groups in total. The van der Waals surface area contributed by atoms with Gasteiger partial charge in [0.2, 0.25) is 0 Å². The van der Waals surface area contributed by atoms with E-state index >= 15 is 0 Å². The van der Waals surface area contributed by atoms with Crippen molar-refractivity contribution in [2.75, 3.05) is 0 Å². The number of aliphatic hydroxyl groups is 1. The molecule has 0 bridgehead atoms. The van der Waals surface area contributed by atoms with Gasteiger partial charge in [-0.25, -0.2) is 4.79 Å². The lowest BCUT2D eigenvalue weighted by Crippen LogP contribution is -2.46. The van der Waals surface area contributed by atoms with E-state index in [9.17, 15) is 36.2 Å². The average Bonchev–Trinajstić information content (AvgIpc) is 2.48. The largest absolute Gasteiger partial charge is 0.439 e. The number of hydrogen-bond donors (Lipinski definition) is 1. The van der Waals surface area contributed by atoms with Crippen LogP contribution in [0.5, 0.6) is 0 Å². The van der Waals surface area contributed by atoms with Crippen molar-refractivity contribution in [3.8, 4) is 0 Å². The average molecular weight is 354 g/mol. The van der Waals surface area contributed by atoms with Gasteiger partial charge in [0.1, 0.15) is 6.10 Å². The van der Waals surface area contributed by atoms with Gasteiger partial charge < -0.3 is 9.84 Å². The molecule has 1 atom stereocenters. The Morgan fingerprint density at radius 2 is 1.58 bits per heavy atom. The van der Waals surface area contributed by atoms with Crippen molar-refractivity contribution < 1.29 is 41.0 Å². The predicted octanol–water partition coefficient (Wildman–Crippen LogP) is 3.65. The van der Waals surface area contributed by atoms with Gasteiger partial charge in [-0.05, 0) is 5.56 Å². The molecule has 0 fully saturated rings. The van der Waals surface area contributed by atoms with Crippen LogP contribution in [0.2, 0.25) is 0 Å². The van der Waals surface area contributed by atoms with Crippen LogP contribution in [0.15, 0.2) is 48.6 Å². The highest BCUT2D eigenvalue weighted by molar-refractivity contribution is 5.89. The summed E-state index contributed by atoms with van der Waals surface area (Å²) in [6.07, 6.45) is -15.5. The van der Waals surface area contributed by atoms with Gasteiger partial charge in [-0.15, -0.1) is 0 Å². The number of rotatable bonds is 5. The van der Waals surface area contributed by atoms with Crippen LogP contribution in [0.4, 0.5) is 26.3 Å². The van der Waals surface area contributed by atoms with Gasteiger partial charge in [-0.2, -0.15) is 26.3 Å². The van der Waals surface area contributed by atoms with Crippen LogP contribution in [-0.2, 0) is 9.53 Å². The van der Waals surface area contributed by atoms with Gasteiger partial charge >= 0.3 is 18.3 Å². The molecule has 9 heteroatoms. The molecule has 0 unspecified atom stereocenters. The summed E-state index contributed by atoms with van der Waals surface area (Å²) in [5.41, 5.74) is -0.373. The molecule has 0 heterocycles. The Labute approximate surface area is 132 Å². The molecule has 0 spiro atoms. The van der Waals surface area contributed by atoms with Crippen LogP contribution in [0.1, 0.15) is 5.56 Å². The Bertz CT molecular complexity index is 590. The normalized spacial score (nSPS) is 14.0. The van der Waals surface area contributed by atoms with Gasteiger partial charge in [0.25, 0.3) is 6.10 Å². The summed E-state index contributed by atoms with van der Waals surface area (Å²) < 4.78 is 77.3. The molecule has 1 rings (SSSR count). The molecule has 0 aliphatic rings. The standard InChI is InChI=1S/C15H12F6O3/c1-9(11(22)8-7-10-5-3-2-4-6-10)12(23)24-13(14(16,17)18)15(19,20)21/h2-8,11,13,22H,1H2/b8-7+/t11-/m1/s1. The van der Waals surface area contributed by atoms with E-state index in [0.717, 1.165) is 6.08 Å². The van der Waals surface area contributed by atoms with Gasteiger partial charge in [0.05, 0.1) is 5.57 Å². The highest BCUT2D eigenvalue weighted by Gasteiger charge is 2.60. The summed E-state index contributed by atoms with van der Waals surface area (Å²) in [6.45, 7) is 2.97. The quantitative estimate of drug-likeness (QED) is 0.499. The fraction of sp³-hybridized carbons (Fsp3) is 0.267. The molecule has 0 amide bonds. The maximum Gasteiger partial charge on any atom is 0.434 e. The summed E-state index contributed by atoms with van der Waals surface area (Å²) in [6, 6.07) is 8.26. The third kappa shape index (κ3) is 5.73. The second-order valence-electron chi connectivity index (χ2n) is 4.61. The molecule has 24 heavy (non-hydrogen) atoms. The van der Waals surface area contributed by atoms with E-state index < -0.39 is 36.1 Å². The van der Waals surface area contributed by atoms with Gasteiger partial charge in [0.15, 0.2) is 0 Å². The van der Waals surface area contributed by atoms with E-state index in [1.807, 2.05) is 0 Å². The van der Waals surface area contributed by atoms with Crippen LogP contribution in [0.25, 0.3) is 6.08 Å². The number of carbonyl (C=O) groups excluding carboxylic acids is 1. The molecule has 3 nitrogen and oxygen atoms in total. The summed E-state index contributed by atoms with van der Waals surface area (Å²) in [7, 11) is 0. The smallest absolute Gasteiger partial charge is 0.434 e. The number of halogens is 6. The molecule has 0 aliphatic carbocycles.